The van der Waals surface area contributed by atoms with E-state index in [0.717, 1.165) is 31.0 Å². The summed E-state index contributed by atoms with van der Waals surface area (Å²) in [4.78, 5) is 12.3. The lowest BCUT2D eigenvalue weighted by atomic mass is 10.1. The van der Waals surface area contributed by atoms with Gasteiger partial charge in [-0.05, 0) is 30.7 Å². The molecule has 0 radical (unpaired) electrons. The molecule has 22 heavy (non-hydrogen) atoms. The minimum Gasteiger partial charge on any atom is -0.347 e. The van der Waals surface area contributed by atoms with Gasteiger partial charge in [0.25, 0.3) is 5.91 Å². The topological polar surface area (TPSA) is 59.8 Å². The van der Waals surface area contributed by atoms with E-state index in [4.69, 9.17) is 11.6 Å². The van der Waals surface area contributed by atoms with Crippen LogP contribution in [0.2, 0.25) is 5.02 Å². The fourth-order valence-electron chi connectivity index (χ4n) is 2.76. The minimum atomic E-state index is -0.0655. The molecule has 1 aromatic carbocycles. The smallest absolute Gasteiger partial charge is 0.251 e. The van der Waals surface area contributed by atoms with Crippen molar-refractivity contribution in [2.24, 2.45) is 0 Å². The van der Waals surface area contributed by atoms with Crippen LogP contribution in [-0.2, 0) is 13.0 Å². The van der Waals surface area contributed by atoms with Crippen LogP contribution in [-0.4, -0.2) is 26.7 Å². The normalized spacial score (nSPS) is 17.4. The van der Waals surface area contributed by atoms with Gasteiger partial charge in [0.05, 0.1) is 0 Å². The van der Waals surface area contributed by atoms with Gasteiger partial charge in [0.2, 0.25) is 0 Å². The lowest BCUT2D eigenvalue weighted by molar-refractivity contribution is 0.0927. The summed E-state index contributed by atoms with van der Waals surface area (Å²) in [6.45, 7) is 4.94. The second-order valence-corrected chi connectivity index (χ2v) is 6.39. The van der Waals surface area contributed by atoms with Crippen LogP contribution in [0.3, 0.4) is 0 Å². The Labute approximate surface area is 134 Å². The zero-order valence-corrected chi connectivity index (χ0v) is 13.5. The summed E-state index contributed by atoms with van der Waals surface area (Å²) in [7, 11) is 0. The van der Waals surface area contributed by atoms with E-state index in [1.54, 1.807) is 24.3 Å². The highest BCUT2D eigenvalue weighted by Gasteiger charge is 2.25. The number of nitrogens with zero attached hydrogens (tertiary/aromatic N) is 3. The van der Waals surface area contributed by atoms with Crippen LogP contribution in [0.5, 0.6) is 0 Å². The number of aromatic nitrogens is 3. The standard InChI is InChI=1S/C16H19ClN4O/c1-10(2)15-20-19-14-8-7-13(9-21(14)15)18-16(22)11-3-5-12(17)6-4-11/h3-6,10,13H,7-9H2,1-2H3,(H,18,22)/t13-/m0/s1. The Morgan fingerprint density at radius 2 is 2.05 bits per heavy atom. The first kappa shape index (κ1) is 15.0. The summed E-state index contributed by atoms with van der Waals surface area (Å²) in [5, 5.41) is 12.2. The predicted octanol–water partition coefficient (Wildman–Crippen LogP) is 2.80. The summed E-state index contributed by atoms with van der Waals surface area (Å²) in [6.07, 6.45) is 1.72. The summed E-state index contributed by atoms with van der Waals surface area (Å²) in [6, 6.07) is 7.04. The second kappa shape index (κ2) is 6.08. The van der Waals surface area contributed by atoms with E-state index >= 15 is 0 Å². The number of fused-ring (bicyclic) bond motifs is 1. The van der Waals surface area contributed by atoms with E-state index in [0.29, 0.717) is 16.5 Å². The van der Waals surface area contributed by atoms with Crippen molar-refractivity contribution in [2.75, 3.05) is 0 Å². The molecule has 1 aliphatic rings. The maximum atomic E-state index is 12.3. The molecule has 1 aliphatic heterocycles. The Morgan fingerprint density at radius 3 is 2.73 bits per heavy atom. The van der Waals surface area contributed by atoms with Gasteiger partial charge in [-0.15, -0.1) is 10.2 Å². The molecule has 2 aromatic rings. The number of rotatable bonds is 3. The molecule has 1 atom stereocenters. The Kier molecular flexibility index (Phi) is 4.16. The summed E-state index contributed by atoms with van der Waals surface area (Å²) in [5.74, 6) is 2.26. The predicted molar refractivity (Wildman–Crippen MR) is 85.1 cm³/mol. The molecule has 116 valence electrons. The van der Waals surface area contributed by atoms with Crippen molar-refractivity contribution in [1.82, 2.24) is 20.1 Å². The summed E-state index contributed by atoms with van der Waals surface area (Å²) < 4.78 is 2.14. The van der Waals surface area contributed by atoms with Crippen LogP contribution in [0.1, 0.15) is 48.2 Å². The average Bonchev–Trinajstić information content (AvgIpc) is 2.91. The third kappa shape index (κ3) is 2.99. The van der Waals surface area contributed by atoms with Crippen molar-refractivity contribution in [3.05, 3.63) is 46.5 Å². The number of hydrogen-bond donors (Lipinski definition) is 1. The highest BCUT2D eigenvalue weighted by molar-refractivity contribution is 6.30. The number of amides is 1. The van der Waals surface area contributed by atoms with Gasteiger partial charge in [-0.1, -0.05) is 25.4 Å². The Balaban J connectivity index is 1.71. The summed E-state index contributed by atoms with van der Waals surface area (Å²) in [5.41, 5.74) is 0.628. The Hall–Kier alpha value is -1.88. The van der Waals surface area contributed by atoms with Gasteiger partial charge < -0.3 is 9.88 Å². The first-order chi connectivity index (χ1) is 10.5. The monoisotopic (exact) mass is 318 g/mol. The highest BCUT2D eigenvalue weighted by atomic mass is 35.5. The molecule has 0 fully saturated rings. The van der Waals surface area contributed by atoms with E-state index < -0.39 is 0 Å². The van der Waals surface area contributed by atoms with Crippen molar-refractivity contribution in [1.29, 1.82) is 0 Å². The Morgan fingerprint density at radius 1 is 1.32 bits per heavy atom. The molecule has 0 aliphatic carbocycles. The van der Waals surface area contributed by atoms with E-state index in [-0.39, 0.29) is 11.9 Å². The van der Waals surface area contributed by atoms with Gasteiger partial charge in [0.15, 0.2) is 0 Å². The highest BCUT2D eigenvalue weighted by Crippen LogP contribution is 2.20. The number of benzene rings is 1. The van der Waals surface area contributed by atoms with E-state index in [2.05, 4.69) is 33.9 Å². The molecule has 0 bridgehead atoms. The molecule has 1 N–H and O–H groups in total. The zero-order chi connectivity index (χ0) is 15.7. The van der Waals surface area contributed by atoms with Crippen LogP contribution in [0, 0.1) is 0 Å². The van der Waals surface area contributed by atoms with Crippen molar-refractivity contribution in [3.63, 3.8) is 0 Å². The maximum absolute atomic E-state index is 12.3. The fourth-order valence-corrected chi connectivity index (χ4v) is 2.89. The van der Waals surface area contributed by atoms with Crippen molar-refractivity contribution in [2.45, 2.75) is 45.2 Å². The average molecular weight is 319 g/mol. The van der Waals surface area contributed by atoms with E-state index in [9.17, 15) is 4.79 Å². The van der Waals surface area contributed by atoms with Crippen LogP contribution in [0.15, 0.2) is 24.3 Å². The molecule has 6 heteroatoms. The number of aryl methyl sites for hydroxylation is 1. The van der Waals surface area contributed by atoms with Gasteiger partial charge in [-0.2, -0.15) is 0 Å². The van der Waals surface area contributed by atoms with Crippen molar-refractivity contribution >= 4 is 17.5 Å². The largest absolute Gasteiger partial charge is 0.347 e. The zero-order valence-electron chi connectivity index (χ0n) is 12.7. The fraction of sp³-hybridized carbons (Fsp3) is 0.438. The first-order valence-electron chi connectivity index (χ1n) is 7.53. The van der Waals surface area contributed by atoms with Crippen molar-refractivity contribution in [3.8, 4) is 0 Å². The molecule has 2 heterocycles. The molecule has 0 saturated carbocycles. The summed E-state index contributed by atoms with van der Waals surface area (Å²) >= 11 is 5.85. The minimum absolute atomic E-state index is 0.0655. The van der Waals surface area contributed by atoms with Crippen molar-refractivity contribution < 1.29 is 4.79 Å². The lowest BCUT2D eigenvalue weighted by Crippen LogP contribution is -2.41. The molecule has 0 unspecified atom stereocenters. The number of nitrogens with one attached hydrogen (secondary N) is 1. The SMILES string of the molecule is CC(C)c1nnc2n1C[C@@H](NC(=O)c1ccc(Cl)cc1)CC2. The van der Waals surface area contributed by atoms with Gasteiger partial charge in [-0.3, -0.25) is 4.79 Å². The number of carbonyl (C=O) groups excluding carboxylic acids is 1. The molecular formula is C16H19ClN4O. The quantitative estimate of drug-likeness (QED) is 0.946. The van der Waals surface area contributed by atoms with Crippen LogP contribution in [0.4, 0.5) is 0 Å². The Bertz CT molecular complexity index is 678. The molecule has 1 aromatic heterocycles. The second-order valence-electron chi connectivity index (χ2n) is 5.96. The van der Waals surface area contributed by atoms with Gasteiger partial charge in [0.1, 0.15) is 11.6 Å². The lowest BCUT2D eigenvalue weighted by Gasteiger charge is -2.26. The number of carbonyl (C=O) groups is 1. The molecule has 5 nitrogen and oxygen atoms in total. The number of halogens is 1. The molecular weight excluding hydrogens is 300 g/mol. The van der Waals surface area contributed by atoms with Crippen LogP contribution in [0.25, 0.3) is 0 Å². The van der Waals surface area contributed by atoms with E-state index in [1.807, 2.05) is 0 Å². The number of hydrogen-bond acceptors (Lipinski definition) is 3. The third-order valence-corrected chi connectivity index (χ3v) is 4.19. The van der Waals surface area contributed by atoms with Crippen LogP contribution >= 0.6 is 11.6 Å². The first-order valence-corrected chi connectivity index (χ1v) is 7.91. The third-order valence-electron chi connectivity index (χ3n) is 3.93. The van der Waals surface area contributed by atoms with E-state index in [1.165, 1.54) is 0 Å². The maximum Gasteiger partial charge on any atom is 0.251 e. The molecule has 0 spiro atoms. The molecule has 1 amide bonds. The van der Waals surface area contributed by atoms with Gasteiger partial charge in [-0.25, -0.2) is 0 Å². The van der Waals surface area contributed by atoms with Crippen LogP contribution < -0.4 is 5.32 Å². The van der Waals surface area contributed by atoms with Gasteiger partial charge >= 0.3 is 0 Å². The van der Waals surface area contributed by atoms with Gasteiger partial charge in [0, 0.05) is 35.5 Å². The molecule has 0 saturated heterocycles. The molecule has 3 rings (SSSR count).